The van der Waals surface area contributed by atoms with Crippen LogP contribution >= 0.6 is 0 Å². The maximum Gasteiger partial charge on any atom is 0.407 e. The van der Waals surface area contributed by atoms with Crippen LogP contribution in [-0.2, 0) is 36.9 Å². The van der Waals surface area contributed by atoms with Crippen molar-refractivity contribution < 1.29 is 45.8 Å². The molecule has 3 aliphatic rings. The topological polar surface area (TPSA) is 183 Å². The number of carbonyl (C=O) groups excluding carboxylic acids is 4. The number of ether oxygens (including phenoxy) is 2. The first-order valence-corrected chi connectivity index (χ1v) is 16.8. The van der Waals surface area contributed by atoms with Gasteiger partial charge in [-0.25, -0.2) is 14.0 Å². The van der Waals surface area contributed by atoms with Gasteiger partial charge in [-0.3, -0.25) is 19.3 Å². The number of halogens is 1. The van der Waals surface area contributed by atoms with E-state index < -0.39 is 17.8 Å². The van der Waals surface area contributed by atoms with E-state index >= 15 is 0 Å². The van der Waals surface area contributed by atoms with E-state index in [2.05, 4.69) is 17.9 Å². The highest BCUT2D eigenvalue weighted by atomic mass is 19.1. The fourth-order valence-electron chi connectivity index (χ4n) is 5.24. The molecule has 12 nitrogen and oxygen atoms in total. The zero-order valence-electron chi connectivity index (χ0n) is 29.5. The van der Waals surface area contributed by atoms with Crippen LogP contribution in [0.3, 0.4) is 0 Å². The SMILES string of the molecule is C=CCCCCCCC(=O)N1CCC[C@H]1C(N)=O.C=C[C@@H]1C[C@@H]1C(=O)OCC.CC(C)(C)OC(N)=O.O=C(O)N1Cc2cccc(F)c2C1.[HH].[HH]. The quantitative estimate of drug-likeness (QED) is 0.132. The number of carbonyl (C=O) groups is 5. The van der Waals surface area contributed by atoms with Crippen molar-refractivity contribution in [2.45, 2.75) is 110 Å². The molecule has 2 heterocycles. The van der Waals surface area contributed by atoms with Gasteiger partial charge in [0.15, 0.2) is 0 Å². The summed E-state index contributed by atoms with van der Waals surface area (Å²) in [6, 6.07) is 4.34. The number of hydrogen-bond donors (Lipinski definition) is 3. The molecule has 49 heavy (non-hydrogen) atoms. The van der Waals surface area contributed by atoms with Crippen molar-refractivity contribution in [3.05, 3.63) is 60.5 Å². The van der Waals surface area contributed by atoms with Gasteiger partial charge in [0.2, 0.25) is 11.8 Å². The number of amides is 4. The first-order chi connectivity index (χ1) is 23.1. The summed E-state index contributed by atoms with van der Waals surface area (Å²) in [7, 11) is 0. The number of hydrogen-bond acceptors (Lipinski definition) is 7. The Hall–Kier alpha value is -4.42. The van der Waals surface area contributed by atoms with Crippen molar-refractivity contribution in [1.29, 1.82) is 0 Å². The molecular weight excluding hydrogens is 635 g/mol. The molecule has 4 amide bonds. The van der Waals surface area contributed by atoms with Crippen molar-refractivity contribution in [1.82, 2.24) is 9.80 Å². The molecule has 2 aliphatic heterocycles. The smallest absolute Gasteiger partial charge is 0.407 e. The minimum atomic E-state index is -1.00. The molecule has 1 aromatic carbocycles. The third kappa shape index (κ3) is 16.5. The van der Waals surface area contributed by atoms with Crippen molar-refractivity contribution >= 4 is 30.0 Å². The van der Waals surface area contributed by atoms with Gasteiger partial charge in [-0.05, 0) is 83.8 Å². The van der Waals surface area contributed by atoms with Crippen molar-refractivity contribution in [2.24, 2.45) is 23.3 Å². The molecule has 0 aromatic heterocycles. The maximum atomic E-state index is 13.1. The number of unbranched alkanes of at least 4 members (excludes halogenated alkanes) is 4. The van der Waals surface area contributed by atoms with E-state index in [0.29, 0.717) is 37.6 Å². The Balaban J connectivity index is 0. The average molecular weight is 695 g/mol. The van der Waals surface area contributed by atoms with Crippen molar-refractivity contribution in [2.75, 3.05) is 13.2 Å². The van der Waals surface area contributed by atoms with Crippen LogP contribution in [0.2, 0.25) is 0 Å². The van der Waals surface area contributed by atoms with Crippen LogP contribution in [-0.4, -0.2) is 69.7 Å². The van der Waals surface area contributed by atoms with Crippen LogP contribution in [0, 0.1) is 17.7 Å². The van der Waals surface area contributed by atoms with Gasteiger partial charge >= 0.3 is 18.2 Å². The zero-order chi connectivity index (χ0) is 37.1. The van der Waals surface area contributed by atoms with Crippen LogP contribution in [0.25, 0.3) is 0 Å². The summed E-state index contributed by atoms with van der Waals surface area (Å²) in [5.41, 5.74) is 10.8. The highest BCUT2D eigenvalue weighted by Gasteiger charge is 2.41. The predicted molar refractivity (Wildman–Crippen MR) is 189 cm³/mol. The lowest BCUT2D eigenvalue weighted by Gasteiger charge is -2.22. The molecule has 4 rings (SSSR count). The van der Waals surface area contributed by atoms with Crippen LogP contribution in [0.15, 0.2) is 43.5 Å². The molecule has 0 unspecified atom stereocenters. The average Bonchev–Trinajstić information content (AvgIpc) is 3.40. The van der Waals surface area contributed by atoms with Gasteiger partial charge in [-0.1, -0.05) is 37.1 Å². The van der Waals surface area contributed by atoms with Crippen LogP contribution in [0.1, 0.15) is 99.5 Å². The van der Waals surface area contributed by atoms with Gasteiger partial charge in [-0.2, -0.15) is 0 Å². The summed E-state index contributed by atoms with van der Waals surface area (Å²) in [6.07, 6.45) is 10.4. The highest BCUT2D eigenvalue weighted by Crippen LogP contribution is 2.40. The first kappa shape index (κ1) is 42.6. The van der Waals surface area contributed by atoms with E-state index in [1.807, 2.05) is 19.1 Å². The molecule has 3 atom stereocenters. The van der Waals surface area contributed by atoms with Gasteiger partial charge in [0.25, 0.3) is 0 Å². The third-order valence-corrected chi connectivity index (χ3v) is 7.79. The lowest BCUT2D eigenvalue weighted by Crippen LogP contribution is -2.43. The molecule has 5 N–H and O–H groups in total. The zero-order valence-corrected chi connectivity index (χ0v) is 29.5. The number of nitrogens with zero attached hydrogens (tertiary/aromatic N) is 2. The second-order valence-electron chi connectivity index (χ2n) is 12.9. The fraction of sp³-hybridized carbons (Fsp3) is 0.583. The summed E-state index contributed by atoms with van der Waals surface area (Å²) in [5.74, 6) is -0.156. The highest BCUT2D eigenvalue weighted by molar-refractivity contribution is 5.87. The van der Waals surface area contributed by atoms with Gasteiger partial charge in [0.05, 0.1) is 19.1 Å². The standard InChI is InChI=1S/C14H24N2O2.C9H8FNO2.C8H12O2.C5H11NO2.2H2/c1-2-3-4-5-6-7-10-13(17)16-11-8-9-12(16)14(15)18;10-8-3-1-2-6-4-11(9(12)13)5-7(6)8;1-3-6-5-7(6)8(9)10-4-2;1-5(2,3)8-4(6)7;;/h2,12H,1,3-11H2,(H2,15,18);1-3H,4-5H2,(H,12,13);3,6-7H,1,4-5H2,2H3;1-3H3,(H2,6,7);2*1H/t12-;;6-,7+;;;/m0.1.../s1. The third-order valence-electron chi connectivity index (χ3n) is 7.79. The summed E-state index contributed by atoms with van der Waals surface area (Å²) in [6.45, 7) is 16.0. The first-order valence-electron chi connectivity index (χ1n) is 16.8. The lowest BCUT2D eigenvalue weighted by atomic mass is 10.1. The normalized spacial score (nSPS) is 18.5. The van der Waals surface area contributed by atoms with Gasteiger partial charge in [0.1, 0.15) is 17.5 Å². The van der Waals surface area contributed by atoms with Crippen LogP contribution in [0.4, 0.5) is 14.0 Å². The van der Waals surface area contributed by atoms with Crippen molar-refractivity contribution in [3.8, 4) is 0 Å². The van der Waals surface area contributed by atoms with E-state index in [0.717, 1.165) is 56.9 Å². The maximum absolute atomic E-state index is 13.1. The van der Waals surface area contributed by atoms with E-state index in [4.69, 9.17) is 21.3 Å². The lowest BCUT2D eigenvalue weighted by molar-refractivity contribution is -0.144. The van der Waals surface area contributed by atoms with Gasteiger partial charge in [0, 0.05) is 27.9 Å². The molecule has 1 saturated heterocycles. The number of likely N-dealkylation sites (tertiary alicyclic amines) is 1. The summed E-state index contributed by atoms with van der Waals surface area (Å²) < 4.78 is 22.5. The number of benzene rings is 1. The van der Waals surface area contributed by atoms with Crippen molar-refractivity contribution in [3.63, 3.8) is 0 Å². The van der Waals surface area contributed by atoms with Crippen LogP contribution < -0.4 is 11.5 Å². The minimum Gasteiger partial charge on any atom is -0.466 e. The molecule has 1 saturated carbocycles. The second-order valence-corrected chi connectivity index (χ2v) is 12.9. The molecule has 1 aromatic rings. The van der Waals surface area contributed by atoms with E-state index in [-0.39, 0.29) is 45.0 Å². The molecule has 13 heteroatoms. The number of esters is 1. The van der Waals surface area contributed by atoms with E-state index in [9.17, 15) is 28.4 Å². The summed E-state index contributed by atoms with van der Waals surface area (Å²) in [5, 5.41) is 8.68. The number of carboxylic acid groups (broad SMARTS) is 1. The molecule has 1 aliphatic carbocycles. The molecule has 0 bridgehead atoms. The van der Waals surface area contributed by atoms with E-state index in [1.54, 1.807) is 37.8 Å². The number of fused-ring (bicyclic) bond motifs is 1. The molecule has 0 spiro atoms. The summed E-state index contributed by atoms with van der Waals surface area (Å²) >= 11 is 0. The minimum absolute atomic E-state index is 0. The summed E-state index contributed by atoms with van der Waals surface area (Å²) in [4.78, 5) is 57.5. The Bertz CT molecular complexity index is 1290. The molecule has 278 valence electrons. The van der Waals surface area contributed by atoms with Gasteiger partial charge in [-0.15, -0.1) is 13.2 Å². The molecular formula is C36H59FN4O8. The fourth-order valence-corrected chi connectivity index (χ4v) is 5.24. The second kappa shape index (κ2) is 21.5. The monoisotopic (exact) mass is 694 g/mol. The number of nitrogens with two attached hydrogens (primary N) is 2. The Labute approximate surface area is 292 Å². The Morgan fingerprint density at radius 2 is 1.76 bits per heavy atom. The number of rotatable bonds is 11. The number of allylic oxidation sites excluding steroid dienone is 2. The number of primary amides is 2. The predicted octanol–water partition coefficient (Wildman–Crippen LogP) is 6.55. The molecule has 2 fully saturated rings. The largest absolute Gasteiger partial charge is 0.466 e. The van der Waals surface area contributed by atoms with Crippen LogP contribution in [0.5, 0.6) is 0 Å². The van der Waals surface area contributed by atoms with E-state index in [1.165, 1.54) is 11.0 Å². The Morgan fingerprint density at radius 3 is 2.24 bits per heavy atom. The molecule has 0 radical (unpaired) electrons. The van der Waals surface area contributed by atoms with Gasteiger partial charge < -0.3 is 30.9 Å². The Morgan fingerprint density at radius 1 is 1.08 bits per heavy atom. The Kier molecular flexibility index (Phi) is 18.7.